The topological polar surface area (TPSA) is 7.68 Å². The van der Waals surface area contributed by atoms with Gasteiger partial charge in [0, 0.05) is 31.0 Å². The van der Waals surface area contributed by atoms with Crippen molar-refractivity contribution in [3.63, 3.8) is 0 Å². The Labute approximate surface area is 154 Å². The van der Waals surface area contributed by atoms with Gasteiger partial charge in [0.15, 0.2) is 0 Å². The van der Waals surface area contributed by atoms with Crippen molar-refractivity contribution in [3.05, 3.63) is 65.2 Å². The second-order valence-corrected chi connectivity index (χ2v) is 7.64. The monoisotopic (exact) mass is 357 g/mol. The zero-order chi connectivity index (χ0) is 17.9. The van der Waals surface area contributed by atoms with Crippen molar-refractivity contribution in [2.45, 2.75) is 31.6 Å². The van der Waals surface area contributed by atoms with Gasteiger partial charge in [-0.15, -0.1) is 0 Å². The number of quaternary nitrogens is 1. The molecule has 0 aliphatic carbocycles. The van der Waals surface area contributed by atoms with Gasteiger partial charge in [-0.3, -0.25) is 0 Å². The van der Waals surface area contributed by atoms with E-state index >= 15 is 0 Å². The van der Waals surface area contributed by atoms with Crippen LogP contribution >= 0.6 is 0 Å². The Bertz CT molecular complexity index is 738. The van der Waals surface area contributed by atoms with Gasteiger partial charge < -0.3 is 9.80 Å². The zero-order valence-electron chi connectivity index (χ0n) is 15.2. The van der Waals surface area contributed by atoms with Gasteiger partial charge in [0.2, 0.25) is 0 Å². The highest BCUT2D eigenvalue weighted by atomic mass is 19.1. The Balaban J connectivity index is 1.62. The third-order valence-electron chi connectivity index (χ3n) is 5.95. The maximum atomic E-state index is 14.0. The highest BCUT2D eigenvalue weighted by Gasteiger charge is 2.26. The maximum absolute atomic E-state index is 14.0. The van der Waals surface area contributed by atoms with Crippen LogP contribution in [0.4, 0.5) is 14.5 Å². The summed E-state index contributed by atoms with van der Waals surface area (Å²) in [5.41, 5.74) is 3.31. The summed E-state index contributed by atoms with van der Waals surface area (Å²) in [5, 5.41) is 0. The molecule has 1 atom stereocenters. The molecule has 138 valence electrons. The summed E-state index contributed by atoms with van der Waals surface area (Å²) in [6.45, 7) is 5.59. The van der Waals surface area contributed by atoms with Gasteiger partial charge in [-0.1, -0.05) is 18.2 Å². The lowest BCUT2D eigenvalue weighted by molar-refractivity contribution is -0.885. The molecule has 4 heteroatoms. The normalized spacial score (nSPS) is 20.8. The molecule has 2 aliphatic heterocycles. The Morgan fingerprint density at radius 2 is 1.65 bits per heavy atom. The van der Waals surface area contributed by atoms with E-state index in [0.717, 1.165) is 43.7 Å². The van der Waals surface area contributed by atoms with E-state index in [1.165, 1.54) is 43.6 Å². The summed E-state index contributed by atoms with van der Waals surface area (Å²) in [7, 11) is 0. The zero-order valence-corrected chi connectivity index (χ0v) is 15.2. The van der Waals surface area contributed by atoms with Gasteiger partial charge in [-0.25, -0.2) is 8.78 Å². The highest BCUT2D eigenvalue weighted by Crippen LogP contribution is 2.38. The minimum absolute atomic E-state index is 0.179. The molecule has 0 unspecified atom stereocenters. The van der Waals surface area contributed by atoms with Crippen LogP contribution in [0, 0.1) is 11.6 Å². The van der Waals surface area contributed by atoms with Crippen LogP contribution in [-0.4, -0.2) is 32.7 Å². The van der Waals surface area contributed by atoms with Crippen LogP contribution in [0.2, 0.25) is 0 Å². The van der Waals surface area contributed by atoms with E-state index in [4.69, 9.17) is 0 Å². The predicted molar refractivity (Wildman–Crippen MR) is 101 cm³/mol. The van der Waals surface area contributed by atoms with E-state index in [9.17, 15) is 8.78 Å². The van der Waals surface area contributed by atoms with Crippen molar-refractivity contribution < 1.29 is 13.7 Å². The first-order chi connectivity index (χ1) is 12.7. The number of anilines is 1. The maximum Gasteiger partial charge on any atom is 0.125 e. The highest BCUT2D eigenvalue weighted by molar-refractivity contribution is 5.58. The summed E-state index contributed by atoms with van der Waals surface area (Å²) in [6, 6.07) is 12.0. The van der Waals surface area contributed by atoms with Crippen LogP contribution in [0.5, 0.6) is 0 Å². The van der Waals surface area contributed by atoms with Crippen LogP contribution in [0.15, 0.2) is 42.5 Å². The molecule has 2 aromatic carbocycles. The van der Waals surface area contributed by atoms with E-state index in [1.807, 2.05) is 18.2 Å². The van der Waals surface area contributed by atoms with Gasteiger partial charge in [-0.05, 0) is 48.2 Å². The molecule has 2 aliphatic rings. The minimum Gasteiger partial charge on any atom is -0.366 e. The summed E-state index contributed by atoms with van der Waals surface area (Å²) in [4.78, 5) is 4.04. The number of nitrogens with one attached hydrogen (secondary N) is 1. The Morgan fingerprint density at radius 1 is 0.923 bits per heavy atom. The molecule has 0 aromatic heterocycles. The van der Waals surface area contributed by atoms with Gasteiger partial charge in [-0.2, -0.15) is 0 Å². The molecule has 0 spiro atoms. The molecule has 1 fully saturated rings. The molecular weight excluding hydrogens is 330 g/mol. The summed E-state index contributed by atoms with van der Waals surface area (Å²) < 4.78 is 27.4. The Kier molecular flexibility index (Phi) is 5.21. The van der Waals surface area contributed by atoms with Crippen LogP contribution in [0.25, 0.3) is 0 Å². The number of nitrogens with zero attached hydrogens (tertiary/aromatic N) is 1. The van der Waals surface area contributed by atoms with Crippen LogP contribution < -0.4 is 9.80 Å². The van der Waals surface area contributed by atoms with Crippen molar-refractivity contribution in [1.82, 2.24) is 0 Å². The molecule has 26 heavy (non-hydrogen) atoms. The van der Waals surface area contributed by atoms with Gasteiger partial charge >= 0.3 is 0 Å². The Hall–Kier alpha value is -1.94. The minimum atomic E-state index is -0.211. The lowest BCUT2D eigenvalue weighted by Gasteiger charge is -2.27. The van der Waals surface area contributed by atoms with Crippen molar-refractivity contribution >= 4 is 5.69 Å². The smallest absolute Gasteiger partial charge is 0.125 e. The first kappa shape index (κ1) is 17.5. The number of likely N-dealkylation sites (tertiary alicyclic amines) is 1. The number of hydrogen-bond donors (Lipinski definition) is 1. The number of hydrogen-bond acceptors (Lipinski definition) is 1. The van der Waals surface area contributed by atoms with Gasteiger partial charge in [0.05, 0.1) is 26.2 Å². The van der Waals surface area contributed by atoms with Crippen molar-refractivity contribution in [1.29, 1.82) is 0 Å². The summed E-state index contributed by atoms with van der Waals surface area (Å²) in [6.07, 6.45) is 4.73. The number of rotatable bonds is 4. The van der Waals surface area contributed by atoms with Crippen LogP contribution in [0.1, 0.15) is 42.7 Å². The van der Waals surface area contributed by atoms with Crippen molar-refractivity contribution in [2.24, 2.45) is 0 Å². The van der Waals surface area contributed by atoms with Crippen molar-refractivity contribution in [3.8, 4) is 0 Å². The van der Waals surface area contributed by atoms with E-state index < -0.39 is 0 Å². The lowest BCUT2D eigenvalue weighted by Crippen LogP contribution is -3.10. The van der Waals surface area contributed by atoms with E-state index in [2.05, 4.69) is 4.90 Å². The first-order valence-electron chi connectivity index (χ1n) is 9.84. The third-order valence-corrected chi connectivity index (χ3v) is 5.95. The number of fused-ring (bicyclic) bond motifs is 1. The summed E-state index contributed by atoms with van der Waals surface area (Å²) >= 11 is 0. The van der Waals surface area contributed by atoms with E-state index in [-0.39, 0.29) is 17.6 Å². The lowest BCUT2D eigenvalue weighted by atomic mass is 9.87. The fourth-order valence-electron chi connectivity index (χ4n) is 4.54. The standard InChI is InChI=1S/C22H26F2N2/c23-18-7-5-17(6-8-18)20-4-3-13-26(15-14-25-11-1-2-12-25)22-16-19(24)9-10-21(20)22/h5-10,16,20H,1-4,11-15H2/p+1/t20-/m0/s1. The number of halogens is 2. The van der Waals surface area contributed by atoms with Crippen molar-refractivity contribution in [2.75, 3.05) is 37.6 Å². The average molecular weight is 357 g/mol. The molecule has 2 heterocycles. The second kappa shape index (κ2) is 7.75. The molecule has 0 radical (unpaired) electrons. The summed E-state index contributed by atoms with van der Waals surface area (Å²) in [5.74, 6) is -0.186. The van der Waals surface area contributed by atoms with Gasteiger partial charge in [0.25, 0.3) is 0 Å². The molecule has 4 rings (SSSR count). The van der Waals surface area contributed by atoms with Crippen LogP contribution in [-0.2, 0) is 0 Å². The largest absolute Gasteiger partial charge is 0.366 e. The molecule has 2 aromatic rings. The average Bonchev–Trinajstić information content (AvgIpc) is 3.10. The Morgan fingerprint density at radius 3 is 2.42 bits per heavy atom. The molecule has 1 N–H and O–H groups in total. The predicted octanol–water partition coefficient (Wildman–Crippen LogP) is 3.38. The van der Waals surface area contributed by atoms with Gasteiger partial charge in [0.1, 0.15) is 11.6 Å². The third kappa shape index (κ3) is 3.75. The SMILES string of the molecule is Fc1ccc([C@@H]2CCCN(CC[NH+]3CCCC3)c3cc(F)ccc32)cc1. The molecule has 0 bridgehead atoms. The molecule has 0 amide bonds. The molecule has 1 saturated heterocycles. The second-order valence-electron chi connectivity index (χ2n) is 7.64. The fraction of sp³-hybridized carbons (Fsp3) is 0.455. The first-order valence-corrected chi connectivity index (χ1v) is 9.84. The quantitative estimate of drug-likeness (QED) is 0.882. The van der Waals surface area contributed by atoms with E-state index in [1.54, 1.807) is 17.0 Å². The molecule has 0 saturated carbocycles. The number of benzene rings is 2. The van der Waals surface area contributed by atoms with E-state index in [0.29, 0.717) is 0 Å². The fourth-order valence-corrected chi connectivity index (χ4v) is 4.54. The molecular formula is C22H27F2N2+. The van der Waals surface area contributed by atoms with Crippen LogP contribution in [0.3, 0.4) is 0 Å². The molecule has 2 nitrogen and oxygen atoms in total.